The molecule has 0 aliphatic carbocycles. The third kappa shape index (κ3) is 4.84. The van der Waals surface area contributed by atoms with Gasteiger partial charge in [0.25, 0.3) is 5.91 Å². The van der Waals surface area contributed by atoms with Gasteiger partial charge in [-0.15, -0.1) is 0 Å². The molecule has 0 N–H and O–H groups in total. The van der Waals surface area contributed by atoms with Crippen LogP contribution in [0.5, 0.6) is 11.5 Å². The van der Waals surface area contributed by atoms with E-state index in [4.69, 9.17) is 9.47 Å². The highest BCUT2D eigenvalue weighted by atomic mass is 16.6. The molecule has 0 aromatic heterocycles. The third-order valence-corrected chi connectivity index (χ3v) is 4.12. The van der Waals surface area contributed by atoms with Crippen LogP contribution in [0.2, 0.25) is 0 Å². The Morgan fingerprint density at radius 1 is 0.778 bits per heavy atom. The summed E-state index contributed by atoms with van der Waals surface area (Å²) in [6.45, 7) is 2.89. The molecule has 27 heavy (non-hydrogen) atoms. The molecule has 140 valence electrons. The Morgan fingerprint density at radius 2 is 1.41 bits per heavy atom. The smallest absolute Gasteiger partial charge is 0.415 e. The SMILES string of the molecule is CC(=O)Oc1cccc(C(=O)N2CCN(C(=O)Oc3ccccc3)CC2)c1. The van der Waals surface area contributed by atoms with Crippen molar-refractivity contribution < 1.29 is 23.9 Å². The maximum Gasteiger partial charge on any atom is 0.415 e. The molecule has 0 bridgehead atoms. The Kier molecular flexibility index (Phi) is 5.71. The Bertz CT molecular complexity index is 829. The van der Waals surface area contributed by atoms with Crippen molar-refractivity contribution in [1.29, 1.82) is 0 Å². The second-order valence-electron chi connectivity index (χ2n) is 6.08. The Morgan fingerprint density at radius 3 is 2.07 bits per heavy atom. The lowest BCUT2D eigenvalue weighted by atomic mass is 10.1. The van der Waals surface area contributed by atoms with Crippen LogP contribution < -0.4 is 9.47 Å². The summed E-state index contributed by atoms with van der Waals surface area (Å²) in [5.41, 5.74) is 0.439. The number of rotatable bonds is 3. The maximum atomic E-state index is 12.7. The summed E-state index contributed by atoms with van der Waals surface area (Å²) < 4.78 is 10.3. The zero-order valence-corrected chi connectivity index (χ0v) is 15.0. The minimum absolute atomic E-state index is 0.167. The number of para-hydroxylation sites is 1. The van der Waals surface area contributed by atoms with Crippen molar-refractivity contribution in [1.82, 2.24) is 9.80 Å². The lowest BCUT2D eigenvalue weighted by molar-refractivity contribution is -0.131. The topological polar surface area (TPSA) is 76.2 Å². The van der Waals surface area contributed by atoms with Gasteiger partial charge in [0.1, 0.15) is 11.5 Å². The molecule has 0 spiro atoms. The van der Waals surface area contributed by atoms with Gasteiger partial charge in [-0.05, 0) is 30.3 Å². The highest BCUT2D eigenvalue weighted by Crippen LogP contribution is 2.17. The Labute approximate surface area is 157 Å². The van der Waals surface area contributed by atoms with E-state index in [0.29, 0.717) is 43.2 Å². The van der Waals surface area contributed by atoms with Crippen LogP contribution in [-0.4, -0.2) is 53.9 Å². The van der Waals surface area contributed by atoms with Crippen molar-refractivity contribution in [2.45, 2.75) is 6.92 Å². The standard InChI is InChI=1S/C20H20N2O5/c1-15(23)26-18-9-5-6-16(14-18)19(24)21-10-12-22(13-11-21)20(25)27-17-7-3-2-4-8-17/h2-9,14H,10-13H2,1H3. The first-order chi connectivity index (χ1) is 13.0. The molecule has 1 aliphatic heterocycles. The van der Waals surface area contributed by atoms with Crippen LogP contribution >= 0.6 is 0 Å². The van der Waals surface area contributed by atoms with E-state index in [0.717, 1.165) is 0 Å². The Hall–Kier alpha value is -3.35. The van der Waals surface area contributed by atoms with Gasteiger partial charge in [0.15, 0.2) is 0 Å². The van der Waals surface area contributed by atoms with Crippen molar-refractivity contribution >= 4 is 18.0 Å². The summed E-state index contributed by atoms with van der Waals surface area (Å²) in [5, 5.41) is 0. The molecular weight excluding hydrogens is 348 g/mol. The molecule has 7 heteroatoms. The first kappa shape index (κ1) is 18.4. The molecule has 1 aliphatic rings. The first-order valence-electron chi connectivity index (χ1n) is 8.62. The van der Waals surface area contributed by atoms with Crippen LogP contribution in [0, 0.1) is 0 Å². The largest absolute Gasteiger partial charge is 0.427 e. The van der Waals surface area contributed by atoms with E-state index in [9.17, 15) is 14.4 Å². The molecule has 2 aromatic carbocycles. The highest BCUT2D eigenvalue weighted by Gasteiger charge is 2.26. The average molecular weight is 368 g/mol. The molecule has 3 rings (SSSR count). The Balaban J connectivity index is 1.56. The molecule has 0 unspecified atom stereocenters. The molecule has 1 fully saturated rings. The molecule has 2 aromatic rings. The molecule has 2 amide bonds. The zero-order valence-electron chi connectivity index (χ0n) is 15.0. The number of amides is 2. The molecule has 7 nitrogen and oxygen atoms in total. The van der Waals surface area contributed by atoms with Gasteiger partial charge in [-0.25, -0.2) is 4.79 Å². The second kappa shape index (κ2) is 8.35. The highest BCUT2D eigenvalue weighted by molar-refractivity contribution is 5.95. The fraction of sp³-hybridized carbons (Fsp3) is 0.250. The summed E-state index contributed by atoms with van der Waals surface area (Å²) >= 11 is 0. The summed E-state index contributed by atoms with van der Waals surface area (Å²) in [4.78, 5) is 39.2. The van der Waals surface area contributed by atoms with Crippen molar-refractivity contribution in [3.63, 3.8) is 0 Å². The fourth-order valence-electron chi connectivity index (χ4n) is 2.79. The number of esters is 1. The number of hydrogen-bond acceptors (Lipinski definition) is 5. The average Bonchev–Trinajstić information content (AvgIpc) is 2.68. The lowest BCUT2D eigenvalue weighted by Gasteiger charge is -2.34. The minimum atomic E-state index is -0.440. The van der Waals surface area contributed by atoms with Gasteiger partial charge >= 0.3 is 12.1 Å². The predicted molar refractivity (Wildman–Crippen MR) is 97.7 cm³/mol. The monoisotopic (exact) mass is 368 g/mol. The van der Waals surface area contributed by atoms with Gasteiger partial charge in [0.05, 0.1) is 0 Å². The van der Waals surface area contributed by atoms with E-state index in [1.165, 1.54) is 6.92 Å². The van der Waals surface area contributed by atoms with Crippen LogP contribution in [0.4, 0.5) is 4.79 Å². The number of benzene rings is 2. The van der Waals surface area contributed by atoms with E-state index in [1.54, 1.807) is 58.3 Å². The van der Waals surface area contributed by atoms with Crippen molar-refractivity contribution in [2.24, 2.45) is 0 Å². The van der Waals surface area contributed by atoms with E-state index in [-0.39, 0.29) is 5.91 Å². The molecule has 0 saturated carbocycles. The van der Waals surface area contributed by atoms with Gasteiger partial charge in [-0.1, -0.05) is 24.3 Å². The number of ether oxygens (including phenoxy) is 2. The lowest BCUT2D eigenvalue weighted by Crippen LogP contribution is -2.51. The number of nitrogens with zero attached hydrogens (tertiary/aromatic N) is 2. The molecule has 0 radical (unpaired) electrons. The van der Waals surface area contributed by atoms with Crippen molar-refractivity contribution in [2.75, 3.05) is 26.2 Å². The van der Waals surface area contributed by atoms with Crippen molar-refractivity contribution in [3.05, 3.63) is 60.2 Å². The van der Waals surface area contributed by atoms with Gasteiger partial charge in [-0.2, -0.15) is 0 Å². The number of carbonyl (C=O) groups is 3. The zero-order chi connectivity index (χ0) is 19.2. The second-order valence-corrected chi connectivity index (χ2v) is 6.08. The molecule has 0 atom stereocenters. The minimum Gasteiger partial charge on any atom is -0.427 e. The fourth-order valence-corrected chi connectivity index (χ4v) is 2.79. The number of hydrogen-bond donors (Lipinski definition) is 0. The summed E-state index contributed by atoms with van der Waals surface area (Å²) in [7, 11) is 0. The van der Waals surface area contributed by atoms with Gasteiger partial charge in [-0.3, -0.25) is 9.59 Å². The number of piperazine rings is 1. The summed E-state index contributed by atoms with van der Waals surface area (Å²) in [6.07, 6.45) is -0.426. The van der Waals surface area contributed by atoms with Crippen LogP contribution in [-0.2, 0) is 4.79 Å². The van der Waals surface area contributed by atoms with Crippen LogP contribution in [0.1, 0.15) is 17.3 Å². The van der Waals surface area contributed by atoms with Gasteiger partial charge < -0.3 is 19.3 Å². The van der Waals surface area contributed by atoms with Crippen LogP contribution in [0.15, 0.2) is 54.6 Å². The maximum absolute atomic E-state index is 12.7. The normalized spacial score (nSPS) is 13.8. The molecule has 1 heterocycles. The van der Waals surface area contributed by atoms with E-state index < -0.39 is 12.1 Å². The summed E-state index contributed by atoms with van der Waals surface area (Å²) in [5.74, 6) is 0.215. The van der Waals surface area contributed by atoms with Gasteiger partial charge in [0.2, 0.25) is 0 Å². The first-order valence-corrected chi connectivity index (χ1v) is 8.62. The number of carbonyl (C=O) groups excluding carboxylic acids is 3. The van der Waals surface area contributed by atoms with Crippen molar-refractivity contribution in [3.8, 4) is 11.5 Å². The van der Waals surface area contributed by atoms with E-state index >= 15 is 0 Å². The third-order valence-electron chi connectivity index (χ3n) is 4.12. The molecule has 1 saturated heterocycles. The quantitative estimate of drug-likeness (QED) is 0.615. The van der Waals surface area contributed by atoms with Gasteiger partial charge in [0, 0.05) is 38.7 Å². The van der Waals surface area contributed by atoms with Crippen LogP contribution in [0.25, 0.3) is 0 Å². The summed E-state index contributed by atoms with van der Waals surface area (Å²) in [6, 6.07) is 15.4. The van der Waals surface area contributed by atoms with E-state index in [1.807, 2.05) is 6.07 Å². The molecular formula is C20H20N2O5. The predicted octanol–water partition coefficient (Wildman–Crippen LogP) is 2.57. The van der Waals surface area contributed by atoms with Crippen LogP contribution in [0.3, 0.4) is 0 Å². The van der Waals surface area contributed by atoms with E-state index in [2.05, 4.69) is 0 Å².